The summed E-state index contributed by atoms with van der Waals surface area (Å²) in [6, 6.07) is 25.7. The van der Waals surface area contributed by atoms with Crippen LogP contribution in [0, 0.1) is 0 Å². The molecular formula is C24H21N3O3. The lowest BCUT2D eigenvalue weighted by molar-refractivity contribution is 0.0945. The standard InChI is InChI=1S/C24H21N3O3/c28-22-12-11-19(13-23(22)29)21-14-20(24(30)25-15-17-7-3-1-4-8-17)26-27(21)16-18-9-5-2-6-10-18/h1-14,28-29H,15-16H2,(H,25,30). The smallest absolute Gasteiger partial charge is 0.272 e. The van der Waals surface area contributed by atoms with Crippen molar-refractivity contribution < 1.29 is 15.0 Å². The van der Waals surface area contributed by atoms with Crippen molar-refractivity contribution in [1.29, 1.82) is 0 Å². The first-order valence-corrected chi connectivity index (χ1v) is 9.56. The minimum absolute atomic E-state index is 0.200. The number of nitrogens with zero attached hydrogens (tertiary/aromatic N) is 2. The van der Waals surface area contributed by atoms with Crippen LogP contribution in [0.2, 0.25) is 0 Å². The molecule has 0 aliphatic rings. The molecule has 1 aromatic heterocycles. The van der Waals surface area contributed by atoms with Gasteiger partial charge in [-0.1, -0.05) is 60.7 Å². The van der Waals surface area contributed by atoms with Gasteiger partial charge in [-0.3, -0.25) is 9.48 Å². The van der Waals surface area contributed by atoms with Crippen LogP contribution in [-0.2, 0) is 13.1 Å². The second kappa shape index (κ2) is 8.53. The molecule has 6 nitrogen and oxygen atoms in total. The van der Waals surface area contributed by atoms with Crippen molar-refractivity contribution in [2.24, 2.45) is 0 Å². The van der Waals surface area contributed by atoms with Crippen molar-refractivity contribution in [3.8, 4) is 22.8 Å². The number of phenols is 2. The van der Waals surface area contributed by atoms with Gasteiger partial charge in [0.2, 0.25) is 0 Å². The molecule has 0 fully saturated rings. The van der Waals surface area contributed by atoms with Crippen LogP contribution in [0.1, 0.15) is 21.6 Å². The van der Waals surface area contributed by atoms with E-state index in [0.29, 0.717) is 24.3 Å². The van der Waals surface area contributed by atoms with E-state index in [-0.39, 0.29) is 23.1 Å². The number of hydrogen-bond acceptors (Lipinski definition) is 4. The Morgan fingerprint density at radius 3 is 2.17 bits per heavy atom. The first kappa shape index (κ1) is 19.3. The fourth-order valence-corrected chi connectivity index (χ4v) is 3.19. The van der Waals surface area contributed by atoms with E-state index < -0.39 is 0 Å². The number of rotatable bonds is 6. The Labute approximate surface area is 174 Å². The third kappa shape index (κ3) is 4.33. The monoisotopic (exact) mass is 399 g/mol. The Balaban J connectivity index is 1.64. The predicted molar refractivity (Wildman–Crippen MR) is 114 cm³/mol. The maximum Gasteiger partial charge on any atom is 0.272 e. The Bertz CT molecular complexity index is 1160. The second-order valence-electron chi connectivity index (χ2n) is 6.93. The van der Waals surface area contributed by atoms with Crippen LogP contribution in [-0.4, -0.2) is 25.9 Å². The molecular weight excluding hydrogens is 378 g/mol. The van der Waals surface area contributed by atoms with Gasteiger partial charge in [-0.2, -0.15) is 5.10 Å². The van der Waals surface area contributed by atoms with Crippen LogP contribution in [0.3, 0.4) is 0 Å². The van der Waals surface area contributed by atoms with Gasteiger partial charge in [0, 0.05) is 12.1 Å². The van der Waals surface area contributed by atoms with Gasteiger partial charge in [0.05, 0.1) is 12.2 Å². The molecule has 6 heteroatoms. The van der Waals surface area contributed by atoms with Gasteiger partial charge in [0.15, 0.2) is 17.2 Å². The zero-order chi connectivity index (χ0) is 20.9. The maximum atomic E-state index is 12.7. The summed E-state index contributed by atoms with van der Waals surface area (Å²) in [6.45, 7) is 0.865. The number of phenolic OH excluding ortho intramolecular Hbond substituents is 2. The average Bonchev–Trinajstić information content (AvgIpc) is 3.19. The number of benzene rings is 3. The molecule has 0 saturated carbocycles. The number of aromatic hydroxyl groups is 2. The molecule has 0 atom stereocenters. The second-order valence-corrected chi connectivity index (χ2v) is 6.93. The van der Waals surface area contributed by atoms with Gasteiger partial charge in [-0.25, -0.2) is 0 Å². The van der Waals surface area contributed by atoms with E-state index in [2.05, 4.69) is 10.4 Å². The summed E-state index contributed by atoms with van der Waals surface area (Å²) < 4.78 is 1.72. The van der Waals surface area contributed by atoms with E-state index in [4.69, 9.17) is 0 Å². The molecule has 4 aromatic rings. The summed E-state index contributed by atoms with van der Waals surface area (Å²) >= 11 is 0. The largest absolute Gasteiger partial charge is 0.504 e. The molecule has 0 aliphatic heterocycles. The summed E-state index contributed by atoms with van der Waals surface area (Å²) in [7, 11) is 0. The molecule has 0 unspecified atom stereocenters. The predicted octanol–water partition coefficient (Wildman–Crippen LogP) is 3.94. The van der Waals surface area contributed by atoms with Crippen molar-refractivity contribution in [2.45, 2.75) is 13.1 Å². The number of carbonyl (C=O) groups is 1. The molecule has 1 amide bonds. The van der Waals surface area contributed by atoms with Crippen molar-refractivity contribution in [1.82, 2.24) is 15.1 Å². The summed E-state index contributed by atoms with van der Waals surface area (Å²) in [6.07, 6.45) is 0. The minimum Gasteiger partial charge on any atom is -0.504 e. The van der Waals surface area contributed by atoms with E-state index in [9.17, 15) is 15.0 Å². The fourth-order valence-electron chi connectivity index (χ4n) is 3.19. The lowest BCUT2D eigenvalue weighted by Crippen LogP contribution is -2.23. The van der Waals surface area contributed by atoms with E-state index >= 15 is 0 Å². The molecule has 3 N–H and O–H groups in total. The molecule has 0 saturated heterocycles. The Morgan fingerprint density at radius 1 is 0.833 bits per heavy atom. The highest BCUT2D eigenvalue weighted by atomic mass is 16.3. The van der Waals surface area contributed by atoms with Crippen LogP contribution in [0.15, 0.2) is 84.9 Å². The summed E-state index contributed by atoms with van der Waals surface area (Å²) in [5.41, 5.74) is 3.62. The average molecular weight is 399 g/mol. The molecule has 0 aliphatic carbocycles. The van der Waals surface area contributed by atoms with Crippen molar-refractivity contribution in [3.63, 3.8) is 0 Å². The van der Waals surface area contributed by atoms with Gasteiger partial charge in [0.1, 0.15) is 0 Å². The topological polar surface area (TPSA) is 87.4 Å². The summed E-state index contributed by atoms with van der Waals surface area (Å²) in [4.78, 5) is 12.7. The van der Waals surface area contributed by atoms with Gasteiger partial charge in [-0.15, -0.1) is 0 Å². The molecule has 30 heavy (non-hydrogen) atoms. The van der Waals surface area contributed by atoms with Crippen LogP contribution in [0.25, 0.3) is 11.3 Å². The fraction of sp³-hybridized carbons (Fsp3) is 0.0833. The van der Waals surface area contributed by atoms with E-state index in [1.165, 1.54) is 12.1 Å². The number of hydrogen-bond donors (Lipinski definition) is 3. The summed E-state index contributed by atoms with van der Waals surface area (Å²) in [5.74, 6) is -0.710. The van der Waals surface area contributed by atoms with Crippen LogP contribution >= 0.6 is 0 Å². The number of aromatic nitrogens is 2. The summed E-state index contributed by atoms with van der Waals surface area (Å²) in [5, 5.41) is 26.9. The highest BCUT2D eigenvalue weighted by Gasteiger charge is 2.17. The maximum absolute atomic E-state index is 12.7. The van der Waals surface area contributed by atoms with Gasteiger partial charge in [-0.05, 0) is 35.4 Å². The highest BCUT2D eigenvalue weighted by molar-refractivity contribution is 5.93. The lowest BCUT2D eigenvalue weighted by Gasteiger charge is -2.08. The Morgan fingerprint density at radius 2 is 1.50 bits per heavy atom. The zero-order valence-corrected chi connectivity index (χ0v) is 16.2. The van der Waals surface area contributed by atoms with E-state index in [1.807, 2.05) is 60.7 Å². The van der Waals surface area contributed by atoms with E-state index in [1.54, 1.807) is 16.8 Å². The van der Waals surface area contributed by atoms with Crippen LogP contribution < -0.4 is 5.32 Å². The molecule has 4 rings (SSSR count). The normalized spacial score (nSPS) is 10.7. The number of amides is 1. The molecule has 1 heterocycles. The van der Waals surface area contributed by atoms with Gasteiger partial charge < -0.3 is 15.5 Å². The quantitative estimate of drug-likeness (QED) is 0.429. The third-order valence-electron chi connectivity index (χ3n) is 4.75. The molecule has 0 radical (unpaired) electrons. The van der Waals surface area contributed by atoms with Gasteiger partial charge in [0.25, 0.3) is 5.91 Å². The zero-order valence-electron chi connectivity index (χ0n) is 16.2. The Hall–Kier alpha value is -4.06. The number of nitrogens with one attached hydrogen (secondary N) is 1. The van der Waals surface area contributed by atoms with E-state index in [0.717, 1.165) is 11.1 Å². The highest BCUT2D eigenvalue weighted by Crippen LogP contribution is 2.31. The Kier molecular flexibility index (Phi) is 5.48. The number of carbonyl (C=O) groups excluding carboxylic acids is 1. The van der Waals surface area contributed by atoms with Crippen molar-refractivity contribution in [2.75, 3.05) is 0 Å². The SMILES string of the molecule is O=C(NCc1ccccc1)c1cc(-c2ccc(O)c(O)c2)n(Cc2ccccc2)n1. The van der Waals surface area contributed by atoms with Crippen molar-refractivity contribution >= 4 is 5.91 Å². The van der Waals surface area contributed by atoms with Crippen LogP contribution in [0.5, 0.6) is 11.5 Å². The first-order chi connectivity index (χ1) is 14.6. The van der Waals surface area contributed by atoms with Crippen molar-refractivity contribution in [3.05, 3.63) is 102 Å². The first-order valence-electron chi connectivity index (χ1n) is 9.56. The lowest BCUT2D eigenvalue weighted by atomic mass is 10.1. The molecule has 3 aromatic carbocycles. The van der Waals surface area contributed by atoms with Gasteiger partial charge >= 0.3 is 0 Å². The minimum atomic E-state index is -0.282. The van der Waals surface area contributed by atoms with Crippen LogP contribution in [0.4, 0.5) is 0 Å². The molecule has 150 valence electrons. The molecule has 0 bridgehead atoms. The third-order valence-corrected chi connectivity index (χ3v) is 4.75. The molecule has 0 spiro atoms.